The molecule has 0 spiro atoms. The smallest absolute Gasteiger partial charge is 0.464 e. The van der Waals surface area contributed by atoms with Crippen molar-refractivity contribution in [1.29, 1.82) is 0 Å². The third kappa shape index (κ3) is 4.99. The average molecular weight is 291 g/mol. The number of hydrogen-bond donors (Lipinski definition) is 1. The van der Waals surface area contributed by atoms with Crippen molar-refractivity contribution >= 4 is 11.7 Å². The molecule has 0 radical (unpaired) electrons. The van der Waals surface area contributed by atoms with Crippen LogP contribution in [0.15, 0.2) is 24.3 Å². The number of hydrogen-bond acceptors (Lipinski definition) is 4. The fourth-order valence-corrected chi connectivity index (χ4v) is 1.56. The zero-order valence-electron chi connectivity index (χ0n) is 11.2. The van der Waals surface area contributed by atoms with Crippen molar-refractivity contribution in [1.82, 2.24) is 0 Å². The molecule has 1 unspecified atom stereocenters. The molecular weight excluding hydrogens is 275 g/mol. The van der Waals surface area contributed by atoms with Gasteiger partial charge in [-0.1, -0.05) is 19.1 Å². The van der Waals surface area contributed by atoms with E-state index in [-0.39, 0.29) is 18.0 Å². The number of ether oxygens (including phenoxy) is 2. The van der Waals surface area contributed by atoms with Crippen LogP contribution in [0.4, 0.5) is 18.9 Å². The van der Waals surface area contributed by atoms with Gasteiger partial charge in [-0.05, 0) is 25.5 Å². The SMILES string of the molecule is CCOC(=O)C(CC)Nc1ccccc1OC(F)(F)F. The molecular formula is C13H16F3NO3. The van der Waals surface area contributed by atoms with E-state index < -0.39 is 18.4 Å². The molecule has 0 saturated carbocycles. The van der Waals surface area contributed by atoms with Gasteiger partial charge in [0.1, 0.15) is 6.04 Å². The Hall–Kier alpha value is -1.92. The van der Waals surface area contributed by atoms with Gasteiger partial charge in [-0.3, -0.25) is 0 Å². The molecule has 1 atom stereocenters. The van der Waals surface area contributed by atoms with Crippen LogP contribution in [0.5, 0.6) is 5.75 Å². The second-order valence-electron chi connectivity index (χ2n) is 3.90. The summed E-state index contributed by atoms with van der Waals surface area (Å²) < 4.78 is 45.6. The first-order valence-corrected chi connectivity index (χ1v) is 6.15. The van der Waals surface area contributed by atoms with Crippen molar-refractivity contribution < 1.29 is 27.4 Å². The molecule has 1 aromatic rings. The highest BCUT2D eigenvalue weighted by Crippen LogP contribution is 2.30. The Morgan fingerprint density at radius 3 is 2.50 bits per heavy atom. The lowest BCUT2D eigenvalue weighted by atomic mass is 10.2. The summed E-state index contributed by atoms with van der Waals surface area (Å²) in [6, 6.07) is 4.81. The summed E-state index contributed by atoms with van der Waals surface area (Å²) in [6.45, 7) is 3.59. The van der Waals surface area contributed by atoms with Crippen molar-refractivity contribution in [3.05, 3.63) is 24.3 Å². The van der Waals surface area contributed by atoms with Crippen molar-refractivity contribution in [3.63, 3.8) is 0 Å². The van der Waals surface area contributed by atoms with Crippen LogP contribution in [-0.4, -0.2) is 25.0 Å². The lowest BCUT2D eigenvalue weighted by molar-refractivity contribution is -0.274. The van der Waals surface area contributed by atoms with Crippen LogP contribution in [0.2, 0.25) is 0 Å². The van der Waals surface area contributed by atoms with E-state index >= 15 is 0 Å². The minimum atomic E-state index is -4.79. The maximum Gasteiger partial charge on any atom is 0.573 e. The lowest BCUT2D eigenvalue weighted by Gasteiger charge is -2.19. The Morgan fingerprint density at radius 2 is 1.95 bits per heavy atom. The minimum absolute atomic E-state index is 0.0877. The van der Waals surface area contributed by atoms with Crippen LogP contribution in [0.3, 0.4) is 0 Å². The van der Waals surface area contributed by atoms with E-state index in [0.717, 1.165) is 0 Å². The number of benzene rings is 1. The predicted octanol–water partition coefficient (Wildman–Crippen LogP) is 3.34. The van der Waals surface area contributed by atoms with Crippen molar-refractivity contribution in [2.75, 3.05) is 11.9 Å². The van der Waals surface area contributed by atoms with Gasteiger partial charge in [-0.25, -0.2) is 4.79 Å². The van der Waals surface area contributed by atoms with E-state index in [0.29, 0.717) is 6.42 Å². The fraction of sp³-hybridized carbons (Fsp3) is 0.462. The van der Waals surface area contributed by atoms with Crippen LogP contribution >= 0.6 is 0 Å². The molecule has 0 fully saturated rings. The van der Waals surface area contributed by atoms with E-state index in [9.17, 15) is 18.0 Å². The van der Waals surface area contributed by atoms with E-state index in [1.54, 1.807) is 19.9 Å². The maximum atomic E-state index is 12.3. The molecule has 0 aliphatic heterocycles. The van der Waals surface area contributed by atoms with Gasteiger partial charge in [0.15, 0.2) is 5.75 Å². The van der Waals surface area contributed by atoms with Crippen LogP contribution in [0.25, 0.3) is 0 Å². The molecule has 1 rings (SSSR count). The summed E-state index contributed by atoms with van der Waals surface area (Å²) in [7, 11) is 0. The first kappa shape index (κ1) is 16.1. The highest BCUT2D eigenvalue weighted by atomic mass is 19.4. The first-order valence-electron chi connectivity index (χ1n) is 6.15. The summed E-state index contributed by atoms with van der Waals surface area (Å²) in [5, 5.41) is 2.70. The van der Waals surface area contributed by atoms with Gasteiger partial charge < -0.3 is 14.8 Å². The summed E-state index contributed by atoms with van der Waals surface area (Å²) in [5.41, 5.74) is 0.0877. The monoisotopic (exact) mass is 291 g/mol. The number of para-hydroxylation sites is 2. The van der Waals surface area contributed by atoms with E-state index in [1.165, 1.54) is 18.2 Å². The number of alkyl halides is 3. The lowest BCUT2D eigenvalue weighted by Crippen LogP contribution is -2.31. The second kappa shape index (κ2) is 7.02. The van der Waals surface area contributed by atoms with Gasteiger partial charge in [0.2, 0.25) is 0 Å². The zero-order chi connectivity index (χ0) is 15.2. The largest absolute Gasteiger partial charge is 0.573 e. The van der Waals surface area contributed by atoms with Gasteiger partial charge in [0, 0.05) is 0 Å². The molecule has 7 heteroatoms. The highest BCUT2D eigenvalue weighted by Gasteiger charge is 2.32. The quantitative estimate of drug-likeness (QED) is 0.817. The first-order chi connectivity index (χ1) is 9.37. The molecule has 0 bridgehead atoms. The van der Waals surface area contributed by atoms with E-state index in [4.69, 9.17) is 4.74 Å². The van der Waals surface area contributed by atoms with Gasteiger partial charge in [0.25, 0.3) is 0 Å². The molecule has 0 amide bonds. The normalized spacial score (nSPS) is 12.7. The second-order valence-corrected chi connectivity index (χ2v) is 3.90. The predicted molar refractivity (Wildman–Crippen MR) is 67.5 cm³/mol. The number of carbonyl (C=O) groups excluding carboxylic acids is 1. The van der Waals surface area contributed by atoms with Gasteiger partial charge in [0.05, 0.1) is 12.3 Å². The number of esters is 1. The third-order valence-corrected chi connectivity index (χ3v) is 2.42. The third-order valence-electron chi connectivity index (χ3n) is 2.42. The summed E-state index contributed by atoms with van der Waals surface area (Å²) in [5.74, 6) is -0.903. The Balaban J connectivity index is 2.87. The molecule has 0 heterocycles. The number of anilines is 1. The molecule has 0 aliphatic rings. The average Bonchev–Trinajstić information content (AvgIpc) is 2.36. The Labute approximate surface area is 114 Å². The van der Waals surface area contributed by atoms with Crippen molar-refractivity contribution in [2.45, 2.75) is 32.7 Å². The summed E-state index contributed by atoms with van der Waals surface area (Å²) >= 11 is 0. The standard InChI is InChI=1S/C13H16F3NO3/c1-3-9(12(18)19-4-2)17-10-7-5-6-8-11(10)20-13(14,15)16/h5-9,17H,3-4H2,1-2H3. The van der Waals surface area contributed by atoms with Crippen LogP contribution in [0.1, 0.15) is 20.3 Å². The Bertz CT molecular complexity index is 449. The molecule has 1 aromatic carbocycles. The maximum absolute atomic E-state index is 12.3. The molecule has 0 aliphatic carbocycles. The highest BCUT2D eigenvalue weighted by molar-refractivity contribution is 5.80. The summed E-state index contributed by atoms with van der Waals surface area (Å²) in [4.78, 5) is 11.6. The van der Waals surface area contributed by atoms with Crippen LogP contribution in [0, 0.1) is 0 Å². The van der Waals surface area contributed by atoms with Crippen molar-refractivity contribution in [2.24, 2.45) is 0 Å². The zero-order valence-corrected chi connectivity index (χ0v) is 11.2. The molecule has 112 valence electrons. The van der Waals surface area contributed by atoms with Gasteiger partial charge in [-0.2, -0.15) is 0 Å². The summed E-state index contributed by atoms with van der Waals surface area (Å²) in [6.07, 6.45) is -4.41. The number of rotatable bonds is 6. The number of nitrogens with one attached hydrogen (secondary N) is 1. The minimum Gasteiger partial charge on any atom is -0.464 e. The Morgan fingerprint density at radius 1 is 1.30 bits per heavy atom. The van der Waals surface area contributed by atoms with Crippen LogP contribution < -0.4 is 10.1 Å². The van der Waals surface area contributed by atoms with E-state index in [1.807, 2.05) is 0 Å². The molecule has 0 aromatic heterocycles. The molecule has 20 heavy (non-hydrogen) atoms. The van der Waals surface area contributed by atoms with E-state index in [2.05, 4.69) is 10.1 Å². The topological polar surface area (TPSA) is 47.6 Å². The number of carbonyl (C=O) groups is 1. The molecule has 0 saturated heterocycles. The Kier molecular flexibility index (Phi) is 5.66. The number of halogens is 3. The van der Waals surface area contributed by atoms with Crippen molar-refractivity contribution in [3.8, 4) is 5.75 Å². The van der Waals surface area contributed by atoms with Gasteiger partial charge >= 0.3 is 12.3 Å². The molecule has 1 N–H and O–H groups in total. The van der Waals surface area contributed by atoms with Gasteiger partial charge in [-0.15, -0.1) is 13.2 Å². The fourth-order valence-electron chi connectivity index (χ4n) is 1.56. The van der Waals surface area contributed by atoms with Crippen LogP contribution in [-0.2, 0) is 9.53 Å². The molecule has 4 nitrogen and oxygen atoms in total.